The van der Waals surface area contributed by atoms with Crippen molar-refractivity contribution in [2.24, 2.45) is 4.99 Å². The first-order valence-corrected chi connectivity index (χ1v) is 8.67. The number of aliphatic imine (C=N–C) groups is 1. The Bertz CT molecular complexity index is 930. The number of benzene rings is 1. The van der Waals surface area contributed by atoms with Gasteiger partial charge in [0.25, 0.3) is 0 Å². The summed E-state index contributed by atoms with van der Waals surface area (Å²) < 4.78 is 30.0. The van der Waals surface area contributed by atoms with E-state index in [0.29, 0.717) is 0 Å². The van der Waals surface area contributed by atoms with Crippen molar-refractivity contribution >= 4 is 27.6 Å². The van der Waals surface area contributed by atoms with E-state index in [9.17, 15) is 28.1 Å². The van der Waals surface area contributed by atoms with Gasteiger partial charge in [-0.3, -0.25) is 14.9 Å². The van der Waals surface area contributed by atoms with E-state index in [4.69, 9.17) is 4.74 Å². The second-order valence-corrected chi connectivity index (χ2v) is 7.68. The molecule has 1 heterocycles. The number of carbonyl (C=O) groups excluding carboxylic acids is 2. The van der Waals surface area contributed by atoms with Crippen molar-refractivity contribution in [1.29, 1.82) is 0 Å². The van der Waals surface area contributed by atoms with Gasteiger partial charge < -0.3 is 4.74 Å². The lowest BCUT2D eigenvalue weighted by molar-refractivity contribution is -0.501. The van der Waals surface area contributed by atoms with E-state index in [1.54, 1.807) is 0 Å². The van der Waals surface area contributed by atoms with Gasteiger partial charge in [-0.15, -0.1) is 0 Å². The summed E-state index contributed by atoms with van der Waals surface area (Å²) in [6, 6.07) is 2.96. The minimum Gasteiger partial charge on any atom is -0.419 e. The predicted molar refractivity (Wildman–Crippen MR) is 89.7 cm³/mol. The van der Waals surface area contributed by atoms with Crippen LogP contribution in [0.4, 0.5) is 0 Å². The minimum absolute atomic E-state index is 0.0293. The number of hydrogen-bond acceptors (Lipinski definition) is 7. The molecule has 2 rings (SSSR count). The van der Waals surface area contributed by atoms with Crippen molar-refractivity contribution in [3.8, 4) is 0 Å². The number of sulfonamides is 1. The lowest BCUT2D eigenvalue weighted by atomic mass is 10.1. The summed E-state index contributed by atoms with van der Waals surface area (Å²) in [7, 11) is -0.927. The molecule has 0 fully saturated rings. The zero-order chi connectivity index (χ0) is 19.6. The topological polar surface area (TPSA) is 136 Å². The van der Waals surface area contributed by atoms with Crippen LogP contribution in [0.5, 0.6) is 0 Å². The van der Waals surface area contributed by atoms with Crippen molar-refractivity contribution in [3.63, 3.8) is 0 Å². The van der Waals surface area contributed by atoms with Crippen LogP contribution in [-0.4, -0.2) is 55.4 Å². The molecule has 1 atom stereocenters. The van der Waals surface area contributed by atoms with Gasteiger partial charge in [0.15, 0.2) is 5.76 Å². The number of nitro groups is 1. The molecule has 1 amide bonds. The fraction of sp³-hybridized carbons (Fsp3) is 0.267. The average Bonchev–Trinajstić information content (AvgIpc) is 2.53. The van der Waals surface area contributed by atoms with E-state index in [1.165, 1.54) is 45.3 Å². The fourth-order valence-corrected chi connectivity index (χ4v) is 2.99. The van der Waals surface area contributed by atoms with Crippen LogP contribution in [0.3, 0.4) is 0 Å². The van der Waals surface area contributed by atoms with Crippen molar-refractivity contribution < 1.29 is 27.7 Å². The van der Waals surface area contributed by atoms with Crippen LogP contribution in [0.15, 0.2) is 46.0 Å². The van der Waals surface area contributed by atoms with Crippen molar-refractivity contribution in [2.45, 2.75) is 17.9 Å². The maximum atomic E-state index is 12.2. The number of rotatable bonds is 5. The number of allylic oxidation sites excluding steroid dienone is 1. The number of carbonyl (C=O) groups is 2. The summed E-state index contributed by atoms with van der Waals surface area (Å²) in [6.45, 7) is 1.43. The summed E-state index contributed by atoms with van der Waals surface area (Å²) in [5, 5.41) is 11.0. The molecule has 138 valence electrons. The molecule has 1 unspecified atom stereocenters. The van der Waals surface area contributed by atoms with Gasteiger partial charge in [0, 0.05) is 30.8 Å². The molecule has 0 bridgehead atoms. The molecule has 0 saturated heterocycles. The van der Waals surface area contributed by atoms with Crippen LogP contribution in [0.1, 0.15) is 17.3 Å². The second-order valence-electron chi connectivity index (χ2n) is 5.53. The summed E-state index contributed by atoms with van der Waals surface area (Å²) in [6.07, 6.45) is 1.14. The molecule has 1 aliphatic heterocycles. The SMILES string of the molecule is CC1=NC(=O)C([N+](=O)[O-])C(OC(=O)c2ccc(S(=O)(=O)N(C)C)cc2)=C1. The molecule has 0 spiro atoms. The Morgan fingerprint density at radius 3 is 2.35 bits per heavy atom. The molecule has 0 aliphatic carbocycles. The molecule has 11 heteroatoms. The number of dihydropyridines is 1. The van der Waals surface area contributed by atoms with Gasteiger partial charge in [0.05, 0.1) is 10.5 Å². The van der Waals surface area contributed by atoms with Gasteiger partial charge in [0.2, 0.25) is 10.0 Å². The van der Waals surface area contributed by atoms with Crippen LogP contribution < -0.4 is 0 Å². The zero-order valence-electron chi connectivity index (χ0n) is 14.1. The van der Waals surface area contributed by atoms with Crippen molar-refractivity contribution in [2.75, 3.05) is 14.1 Å². The van der Waals surface area contributed by atoms with Crippen LogP contribution in [0, 0.1) is 10.1 Å². The van der Waals surface area contributed by atoms with Crippen LogP contribution >= 0.6 is 0 Å². The molecule has 0 saturated carbocycles. The third-order valence-electron chi connectivity index (χ3n) is 3.43. The Morgan fingerprint density at radius 2 is 1.85 bits per heavy atom. The van der Waals surface area contributed by atoms with Crippen molar-refractivity contribution in [3.05, 3.63) is 51.8 Å². The first-order valence-electron chi connectivity index (χ1n) is 7.23. The van der Waals surface area contributed by atoms with Gasteiger partial charge in [0.1, 0.15) is 0 Å². The van der Waals surface area contributed by atoms with Gasteiger partial charge in [-0.2, -0.15) is 0 Å². The number of hydrogen-bond donors (Lipinski definition) is 0. The third kappa shape index (κ3) is 3.83. The number of nitrogens with zero attached hydrogens (tertiary/aromatic N) is 3. The molecule has 1 aliphatic rings. The fourth-order valence-electron chi connectivity index (χ4n) is 2.09. The number of esters is 1. The Balaban J connectivity index is 2.26. The number of ether oxygens (including phenoxy) is 1. The second kappa shape index (κ2) is 7.14. The predicted octanol–water partition coefficient (Wildman–Crippen LogP) is 0.624. The molecule has 26 heavy (non-hydrogen) atoms. The maximum Gasteiger partial charge on any atom is 0.348 e. The smallest absolute Gasteiger partial charge is 0.348 e. The highest BCUT2D eigenvalue weighted by Crippen LogP contribution is 2.19. The molecular weight excluding hydrogens is 366 g/mol. The largest absolute Gasteiger partial charge is 0.419 e. The van der Waals surface area contributed by atoms with Gasteiger partial charge in [-0.05, 0) is 31.2 Å². The molecule has 1 aromatic rings. The lowest BCUT2D eigenvalue weighted by Crippen LogP contribution is -2.35. The Kier molecular flexibility index (Phi) is 5.33. The van der Waals surface area contributed by atoms with E-state index in [2.05, 4.69) is 4.99 Å². The normalized spacial score (nSPS) is 17.5. The first kappa shape index (κ1) is 19.4. The summed E-state index contributed by atoms with van der Waals surface area (Å²) in [5.41, 5.74) is 0.140. The Morgan fingerprint density at radius 1 is 1.27 bits per heavy atom. The zero-order valence-corrected chi connectivity index (χ0v) is 14.9. The van der Waals surface area contributed by atoms with Crippen LogP contribution in [0.25, 0.3) is 0 Å². The van der Waals surface area contributed by atoms with Crippen LogP contribution in [-0.2, 0) is 19.6 Å². The standard InChI is InChI=1S/C15H15N3O7S/c1-9-8-12(13(18(21)22)14(19)16-9)25-15(20)10-4-6-11(7-5-10)26(23,24)17(2)3/h4-8,13H,1-3H3. The summed E-state index contributed by atoms with van der Waals surface area (Å²) in [4.78, 5) is 37.4. The van der Waals surface area contributed by atoms with Crippen molar-refractivity contribution in [1.82, 2.24) is 4.31 Å². The molecule has 0 N–H and O–H groups in total. The third-order valence-corrected chi connectivity index (χ3v) is 5.26. The lowest BCUT2D eigenvalue weighted by Gasteiger charge is -2.15. The van der Waals surface area contributed by atoms with E-state index < -0.39 is 38.6 Å². The first-order chi connectivity index (χ1) is 12.0. The quantitative estimate of drug-likeness (QED) is 0.414. The van der Waals surface area contributed by atoms with Crippen LogP contribution in [0.2, 0.25) is 0 Å². The molecule has 0 radical (unpaired) electrons. The highest BCUT2D eigenvalue weighted by atomic mass is 32.2. The summed E-state index contributed by atoms with van der Waals surface area (Å²) in [5.74, 6) is -2.44. The minimum atomic E-state index is -3.66. The van der Waals surface area contributed by atoms with E-state index in [-0.39, 0.29) is 16.2 Å². The van der Waals surface area contributed by atoms with E-state index in [0.717, 1.165) is 10.4 Å². The highest BCUT2D eigenvalue weighted by Gasteiger charge is 2.39. The molecule has 0 aromatic heterocycles. The number of amides is 1. The van der Waals surface area contributed by atoms with Gasteiger partial charge >= 0.3 is 17.9 Å². The van der Waals surface area contributed by atoms with E-state index in [1.807, 2.05) is 0 Å². The van der Waals surface area contributed by atoms with E-state index >= 15 is 0 Å². The van der Waals surface area contributed by atoms with Gasteiger partial charge in [-0.25, -0.2) is 22.5 Å². The monoisotopic (exact) mass is 381 g/mol. The summed E-state index contributed by atoms with van der Waals surface area (Å²) >= 11 is 0. The Labute approximate surface area is 149 Å². The maximum absolute atomic E-state index is 12.2. The molecular formula is C15H15N3O7S. The van der Waals surface area contributed by atoms with Gasteiger partial charge in [-0.1, -0.05) is 0 Å². The highest BCUT2D eigenvalue weighted by molar-refractivity contribution is 7.89. The molecule has 10 nitrogen and oxygen atoms in total. The Hall–Kier alpha value is -2.92. The average molecular weight is 381 g/mol. The molecule has 1 aromatic carbocycles.